The smallest absolute Gasteiger partial charge is 0.190 e. The van der Waals surface area contributed by atoms with Gasteiger partial charge in [-0.15, -0.1) is 0 Å². The molecule has 1 heterocycles. The van der Waals surface area contributed by atoms with Gasteiger partial charge >= 0.3 is 0 Å². The lowest BCUT2D eigenvalue weighted by Crippen LogP contribution is -2.02. The fraction of sp³-hybridized carbons (Fsp3) is 0. The van der Waals surface area contributed by atoms with Gasteiger partial charge in [-0.05, 0) is 48.0 Å². The first-order valence-electron chi connectivity index (χ1n) is 5.72. The van der Waals surface area contributed by atoms with Gasteiger partial charge in [0, 0.05) is 22.2 Å². The fourth-order valence-corrected chi connectivity index (χ4v) is 2.18. The topological polar surface area (TPSA) is 32.9 Å². The quantitative estimate of drug-likeness (QED) is 0.714. The predicted molar refractivity (Wildman–Crippen MR) is 75.0 cm³/mol. The Bertz CT molecular complexity index is 808. The number of benzene rings is 2. The number of nitrogens with one attached hydrogen (secondary N) is 1. The van der Waals surface area contributed by atoms with Crippen molar-refractivity contribution in [3.05, 3.63) is 69.6 Å². The molecule has 0 fully saturated rings. The van der Waals surface area contributed by atoms with Gasteiger partial charge in [-0.2, -0.15) is 0 Å². The Balaban J connectivity index is 2.25. The van der Waals surface area contributed by atoms with Crippen molar-refractivity contribution in [3.8, 4) is 11.3 Å². The third-order valence-corrected chi connectivity index (χ3v) is 3.18. The van der Waals surface area contributed by atoms with Gasteiger partial charge < -0.3 is 4.98 Å². The van der Waals surface area contributed by atoms with Crippen molar-refractivity contribution in [2.75, 3.05) is 0 Å². The lowest BCUT2D eigenvalue weighted by molar-refractivity contribution is 0.628. The fourth-order valence-electron chi connectivity index (χ4n) is 2.01. The molecule has 94 valence electrons. The number of hydrogen-bond donors (Lipinski definition) is 1. The number of pyridine rings is 1. The average molecular weight is 274 g/mol. The van der Waals surface area contributed by atoms with E-state index in [1.165, 1.54) is 18.2 Å². The predicted octanol–water partition coefficient (Wildman–Crippen LogP) is 3.99. The molecule has 0 spiro atoms. The van der Waals surface area contributed by atoms with Crippen molar-refractivity contribution in [1.82, 2.24) is 4.98 Å². The number of aromatic nitrogens is 1. The Morgan fingerprint density at radius 2 is 1.74 bits per heavy atom. The summed E-state index contributed by atoms with van der Waals surface area (Å²) < 4.78 is 12.9. The summed E-state index contributed by atoms with van der Waals surface area (Å²) in [6, 6.07) is 12.5. The van der Waals surface area contributed by atoms with Crippen molar-refractivity contribution in [3.63, 3.8) is 0 Å². The van der Waals surface area contributed by atoms with Crippen LogP contribution in [0.5, 0.6) is 0 Å². The summed E-state index contributed by atoms with van der Waals surface area (Å²) in [6.45, 7) is 0. The first kappa shape index (κ1) is 11.9. The molecule has 0 unspecified atom stereocenters. The zero-order valence-electron chi connectivity index (χ0n) is 9.78. The van der Waals surface area contributed by atoms with E-state index in [0.29, 0.717) is 21.6 Å². The van der Waals surface area contributed by atoms with Crippen molar-refractivity contribution >= 4 is 22.5 Å². The molecule has 3 aromatic rings. The van der Waals surface area contributed by atoms with E-state index < -0.39 is 0 Å². The van der Waals surface area contributed by atoms with Crippen LogP contribution in [0.3, 0.4) is 0 Å². The van der Waals surface area contributed by atoms with Gasteiger partial charge in [0.05, 0.1) is 5.52 Å². The first-order valence-corrected chi connectivity index (χ1v) is 6.10. The highest BCUT2D eigenvalue weighted by Gasteiger charge is 2.05. The van der Waals surface area contributed by atoms with E-state index in [0.717, 1.165) is 5.56 Å². The molecule has 0 saturated heterocycles. The summed E-state index contributed by atoms with van der Waals surface area (Å²) in [6.07, 6.45) is 0. The summed E-state index contributed by atoms with van der Waals surface area (Å²) >= 11 is 5.92. The molecule has 0 aliphatic rings. The maximum atomic E-state index is 12.9. The lowest BCUT2D eigenvalue weighted by atomic mass is 10.1. The SMILES string of the molecule is O=c1cc(-c2ccc(F)cc2)[nH]c2cc(Cl)ccc12. The first-order chi connectivity index (χ1) is 9.13. The number of halogens is 2. The number of H-pyrrole nitrogens is 1. The minimum atomic E-state index is -0.310. The highest BCUT2D eigenvalue weighted by molar-refractivity contribution is 6.31. The lowest BCUT2D eigenvalue weighted by Gasteiger charge is -2.05. The molecule has 4 heteroatoms. The molecule has 0 saturated carbocycles. The molecule has 0 atom stereocenters. The molecule has 3 rings (SSSR count). The third-order valence-electron chi connectivity index (χ3n) is 2.95. The van der Waals surface area contributed by atoms with Crippen molar-refractivity contribution in [2.45, 2.75) is 0 Å². The van der Waals surface area contributed by atoms with Crippen LogP contribution in [-0.4, -0.2) is 4.98 Å². The van der Waals surface area contributed by atoms with Gasteiger partial charge in [-0.3, -0.25) is 4.79 Å². The molecule has 0 amide bonds. The van der Waals surface area contributed by atoms with E-state index in [2.05, 4.69) is 4.98 Å². The van der Waals surface area contributed by atoms with Gasteiger partial charge in [0.2, 0.25) is 0 Å². The molecule has 0 aliphatic heterocycles. The van der Waals surface area contributed by atoms with Crippen LogP contribution in [0.1, 0.15) is 0 Å². The summed E-state index contributed by atoms with van der Waals surface area (Å²) in [5.41, 5.74) is 1.96. The van der Waals surface area contributed by atoms with Gasteiger partial charge in [0.25, 0.3) is 0 Å². The Hall–Kier alpha value is -2.13. The Morgan fingerprint density at radius 3 is 2.47 bits per heavy atom. The average Bonchev–Trinajstić information content (AvgIpc) is 2.38. The molecule has 0 radical (unpaired) electrons. The Labute approximate surface area is 113 Å². The highest BCUT2D eigenvalue weighted by atomic mass is 35.5. The minimum Gasteiger partial charge on any atom is -0.354 e. The van der Waals surface area contributed by atoms with Gasteiger partial charge in [0.15, 0.2) is 5.43 Å². The molecule has 0 aliphatic carbocycles. The van der Waals surface area contributed by atoms with Crippen molar-refractivity contribution in [1.29, 1.82) is 0 Å². The van der Waals surface area contributed by atoms with Crippen molar-refractivity contribution < 1.29 is 4.39 Å². The molecule has 2 nitrogen and oxygen atoms in total. The maximum absolute atomic E-state index is 12.9. The summed E-state index contributed by atoms with van der Waals surface area (Å²) in [5, 5.41) is 1.13. The normalized spacial score (nSPS) is 10.8. The van der Waals surface area contributed by atoms with E-state index in [-0.39, 0.29) is 11.2 Å². The van der Waals surface area contributed by atoms with Crippen LogP contribution in [0, 0.1) is 5.82 Å². The standard InChI is InChI=1S/C15H9ClFNO/c16-10-3-6-12-14(7-10)18-13(8-15(12)19)9-1-4-11(17)5-2-9/h1-8H,(H,18,19). The second kappa shape index (κ2) is 4.52. The van der Waals surface area contributed by atoms with E-state index in [1.54, 1.807) is 30.3 Å². The Morgan fingerprint density at radius 1 is 1.00 bits per heavy atom. The second-order valence-electron chi connectivity index (χ2n) is 4.24. The van der Waals surface area contributed by atoms with E-state index >= 15 is 0 Å². The minimum absolute atomic E-state index is 0.0928. The van der Waals surface area contributed by atoms with E-state index in [4.69, 9.17) is 11.6 Å². The molecule has 1 aromatic heterocycles. The summed E-state index contributed by atoms with van der Waals surface area (Å²) in [4.78, 5) is 15.2. The number of fused-ring (bicyclic) bond motifs is 1. The van der Waals surface area contributed by atoms with Crippen LogP contribution in [-0.2, 0) is 0 Å². The zero-order valence-corrected chi connectivity index (χ0v) is 10.5. The van der Waals surface area contributed by atoms with Crippen LogP contribution in [0.25, 0.3) is 22.2 Å². The summed E-state index contributed by atoms with van der Waals surface area (Å²) in [7, 11) is 0. The van der Waals surface area contributed by atoms with Crippen LogP contribution < -0.4 is 5.43 Å². The second-order valence-corrected chi connectivity index (χ2v) is 4.68. The van der Waals surface area contributed by atoms with Crippen LogP contribution >= 0.6 is 11.6 Å². The Kier molecular flexibility index (Phi) is 2.84. The van der Waals surface area contributed by atoms with Crippen molar-refractivity contribution in [2.24, 2.45) is 0 Å². The monoisotopic (exact) mass is 273 g/mol. The number of hydrogen-bond acceptors (Lipinski definition) is 1. The van der Waals surface area contributed by atoms with Gasteiger partial charge in [-0.25, -0.2) is 4.39 Å². The number of rotatable bonds is 1. The van der Waals surface area contributed by atoms with Gasteiger partial charge in [-0.1, -0.05) is 11.6 Å². The number of aromatic amines is 1. The maximum Gasteiger partial charge on any atom is 0.190 e. The largest absolute Gasteiger partial charge is 0.354 e. The third kappa shape index (κ3) is 2.25. The van der Waals surface area contributed by atoms with E-state index in [1.807, 2.05) is 0 Å². The van der Waals surface area contributed by atoms with Crippen LogP contribution in [0.2, 0.25) is 5.02 Å². The molecule has 1 N–H and O–H groups in total. The van der Waals surface area contributed by atoms with Gasteiger partial charge in [0.1, 0.15) is 5.82 Å². The van der Waals surface area contributed by atoms with Crippen LogP contribution in [0.4, 0.5) is 4.39 Å². The zero-order chi connectivity index (χ0) is 13.4. The van der Waals surface area contributed by atoms with Crippen LogP contribution in [0.15, 0.2) is 53.3 Å². The molecular formula is C15H9ClFNO. The highest BCUT2D eigenvalue weighted by Crippen LogP contribution is 2.20. The molecule has 2 aromatic carbocycles. The van der Waals surface area contributed by atoms with E-state index in [9.17, 15) is 9.18 Å². The molecular weight excluding hydrogens is 265 g/mol. The molecule has 0 bridgehead atoms. The summed E-state index contributed by atoms with van der Waals surface area (Å²) in [5.74, 6) is -0.310. The molecule has 19 heavy (non-hydrogen) atoms.